The molecule has 6 nitrogen and oxygen atoms in total. The van der Waals surface area contributed by atoms with Gasteiger partial charge in [-0.1, -0.05) is 12.1 Å². The van der Waals surface area contributed by atoms with Crippen molar-refractivity contribution in [2.75, 3.05) is 32.8 Å². The summed E-state index contributed by atoms with van der Waals surface area (Å²) in [6.07, 6.45) is 6.51. The van der Waals surface area contributed by atoms with E-state index in [1.54, 1.807) is 6.20 Å². The number of pyridine rings is 2. The summed E-state index contributed by atoms with van der Waals surface area (Å²) in [7, 11) is 0. The zero-order chi connectivity index (χ0) is 18.5. The highest BCUT2D eigenvalue weighted by Crippen LogP contribution is 2.31. The van der Waals surface area contributed by atoms with Crippen molar-refractivity contribution in [3.05, 3.63) is 60.2 Å². The first-order chi connectivity index (χ1) is 13.2. The van der Waals surface area contributed by atoms with E-state index < -0.39 is 0 Å². The fourth-order valence-electron chi connectivity index (χ4n) is 3.92. The molecule has 2 aliphatic rings. The molecule has 1 spiro atoms. The summed E-state index contributed by atoms with van der Waals surface area (Å²) >= 11 is 0. The van der Waals surface area contributed by atoms with Crippen LogP contribution in [0.5, 0.6) is 0 Å². The number of piperidine rings is 1. The van der Waals surface area contributed by atoms with Gasteiger partial charge in [0.25, 0.3) is 0 Å². The van der Waals surface area contributed by atoms with E-state index in [4.69, 9.17) is 4.74 Å². The lowest BCUT2D eigenvalue weighted by Gasteiger charge is -2.47. The van der Waals surface area contributed by atoms with Gasteiger partial charge in [0.15, 0.2) is 0 Å². The van der Waals surface area contributed by atoms with Crippen LogP contribution in [-0.2, 0) is 22.5 Å². The fraction of sp³-hybridized carbons (Fsp3) is 0.476. The highest BCUT2D eigenvalue weighted by Gasteiger charge is 2.42. The number of morpholine rings is 1. The van der Waals surface area contributed by atoms with E-state index in [9.17, 15) is 4.79 Å². The summed E-state index contributed by atoms with van der Waals surface area (Å²) in [5.74, 6) is 0.0591. The molecule has 2 aromatic rings. The van der Waals surface area contributed by atoms with Crippen LogP contribution in [0, 0.1) is 0 Å². The van der Waals surface area contributed by atoms with Crippen LogP contribution < -0.4 is 0 Å². The first-order valence-corrected chi connectivity index (χ1v) is 9.66. The lowest BCUT2D eigenvalue weighted by Crippen LogP contribution is -2.58. The third-order valence-electron chi connectivity index (χ3n) is 5.59. The van der Waals surface area contributed by atoms with Crippen molar-refractivity contribution in [1.29, 1.82) is 0 Å². The van der Waals surface area contributed by atoms with E-state index in [-0.39, 0.29) is 18.1 Å². The number of ether oxygens (including phenoxy) is 1. The van der Waals surface area contributed by atoms with Crippen molar-refractivity contribution in [1.82, 2.24) is 19.8 Å². The molecule has 4 rings (SSSR count). The molecular weight excluding hydrogens is 340 g/mol. The van der Waals surface area contributed by atoms with Gasteiger partial charge in [-0.05, 0) is 37.1 Å². The highest BCUT2D eigenvalue weighted by atomic mass is 16.5. The van der Waals surface area contributed by atoms with E-state index in [2.05, 4.69) is 20.9 Å². The minimum absolute atomic E-state index is 0.0591. The molecular formula is C21H26N4O2. The monoisotopic (exact) mass is 366 g/mol. The second kappa shape index (κ2) is 8.15. The topological polar surface area (TPSA) is 58.6 Å². The molecule has 0 aromatic carbocycles. The molecule has 6 heteroatoms. The molecule has 4 heterocycles. The number of amides is 1. The smallest absolute Gasteiger partial charge is 0.249 e. The summed E-state index contributed by atoms with van der Waals surface area (Å²) in [5.41, 5.74) is 1.86. The van der Waals surface area contributed by atoms with Crippen molar-refractivity contribution in [3.63, 3.8) is 0 Å². The molecule has 1 amide bonds. The SMILES string of the molecule is O=C1COC2(CCN(CCc3ccccn3)CC2)CN1Cc1ccccn1. The van der Waals surface area contributed by atoms with Gasteiger partial charge in [0.05, 0.1) is 24.4 Å². The average molecular weight is 366 g/mol. The Morgan fingerprint density at radius 2 is 1.70 bits per heavy atom. The molecule has 0 N–H and O–H groups in total. The first kappa shape index (κ1) is 18.1. The molecule has 142 valence electrons. The first-order valence-electron chi connectivity index (χ1n) is 9.66. The van der Waals surface area contributed by atoms with Crippen molar-refractivity contribution < 1.29 is 9.53 Å². The maximum absolute atomic E-state index is 12.3. The highest BCUT2D eigenvalue weighted by molar-refractivity contribution is 5.78. The van der Waals surface area contributed by atoms with Crippen molar-refractivity contribution >= 4 is 5.91 Å². The predicted octanol–water partition coefficient (Wildman–Crippen LogP) is 1.91. The van der Waals surface area contributed by atoms with Gasteiger partial charge < -0.3 is 14.5 Å². The van der Waals surface area contributed by atoms with Crippen LogP contribution in [0.4, 0.5) is 0 Å². The Labute approximate surface area is 160 Å². The molecule has 0 radical (unpaired) electrons. The number of hydrogen-bond acceptors (Lipinski definition) is 5. The van der Waals surface area contributed by atoms with Gasteiger partial charge in [-0.3, -0.25) is 14.8 Å². The Morgan fingerprint density at radius 3 is 2.37 bits per heavy atom. The lowest BCUT2D eigenvalue weighted by molar-refractivity contribution is -0.172. The minimum atomic E-state index is -0.204. The van der Waals surface area contributed by atoms with Crippen LogP contribution >= 0.6 is 0 Å². The van der Waals surface area contributed by atoms with Gasteiger partial charge in [-0.2, -0.15) is 0 Å². The van der Waals surface area contributed by atoms with Crippen molar-refractivity contribution in [2.45, 2.75) is 31.4 Å². The van der Waals surface area contributed by atoms with Gasteiger partial charge in [0.2, 0.25) is 5.91 Å². The van der Waals surface area contributed by atoms with Crippen LogP contribution in [0.2, 0.25) is 0 Å². The van der Waals surface area contributed by atoms with E-state index in [1.165, 1.54) is 0 Å². The molecule has 27 heavy (non-hydrogen) atoms. The largest absolute Gasteiger partial charge is 0.363 e. The van der Waals surface area contributed by atoms with Crippen molar-refractivity contribution in [3.8, 4) is 0 Å². The Bertz CT molecular complexity index is 745. The van der Waals surface area contributed by atoms with Crippen LogP contribution in [0.1, 0.15) is 24.2 Å². The maximum atomic E-state index is 12.3. The van der Waals surface area contributed by atoms with Gasteiger partial charge in [-0.15, -0.1) is 0 Å². The van der Waals surface area contributed by atoms with Gasteiger partial charge in [-0.25, -0.2) is 0 Å². The summed E-state index contributed by atoms with van der Waals surface area (Å²) in [6, 6.07) is 11.9. The second-order valence-electron chi connectivity index (χ2n) is 7.46. The molecule has 0 saturated carbocycles. The molecule has 0 atom stereocenters. The summed E-state index contributed by atoms with van der Waals surface area (Å²) in [4.78, 5) is 25.5. The molecule has 2 aliphatic heterocycles. The van der Waals surface area contributed by atoms with E-state index in [0.29, 0.717) is 13.1 Å². The summed E-state index contributed by atoms with van der Waals surface area (Å²) in [6.45, 7) is 4.42. The standard InChI is InChI=1S/C21H26N4O2/c26-20-16-27-21(17-25(20)15-19-6-2-4-11-23-19)8-13-24(14-9-21)12-7-18-5-1-3-10-22-18/h1-6,10-11H,7-9,12-17H2. The Balaban J connectivity index is 1.31. The van der Waals surface area contributed by atoms with Crippen LogP contribution in [0.15, 0.2) is 48.8 Å². The minimum Gasteiger partial charge on any atom is -0.363 e. The summed E-state index contributed by atoms with van der Waals surface area (Å²) in [5, 5.41) is 0. The lowest BCUT2D eigenvalue weighted by atomic mass is 9.89. The Morgan fingerprint density at radius 1 is 1.00 bits per heavy atom. The number of carbonyl (C=O) groups is 1. The summed E-state index contributed by atoms with van der Waals surface area (Å²) < 4.78 is 6.05. The van der Waals surface area contributed by atoms with Gasteiger partial charge >= 0.3 is 0 Å². The number of aromatic nitrogens is 2. The fourth-order valence-corrected chi connectivity index (χ4v) is 3.92. The molecule has 0 bridgehead atoms. The Hall–Kier alpha value is -2.31. The second-order valence-corrected chi connectivity index (χ2v) is 7.46. The number of carbonyl (C=O) groups excluding carboxylic acids is 1. The third-order valence-corrected chi connectivity index (χ3v) is 5.59. The number of rotatable bonds is 5. The predicted molar refractivity (Wildman–Crippen MR) is 102 cm³/mol. The molecule has 0 unspecified atom stereocenters. The average Bonchev–Trinajstić information content (AvgIpc) is 2.72. The number of hydrogen-bond donors (Lipinski definition) is 0. The molecule has 2 aromatic heterocycles. The maximum Gasteiger partial charge on any atom is 0.249 e. The van der Waals surface area contributed by atoms with Crippen LogP contribution in [0.3, 0.4) is 0 Å². The third kappa shape index (κ3) is 4.51. The van der Waals surface area contributed by atoms with E-state index in [1.807, 2.05) is 41.4 Å². The molecule has 0 aliphatic carbocycles. The molecule has 2 fully saturated rings. The number of likely N-dealkylation sites (tertiary alicyclic amines) is 1. The molecule has 2 saturated heterocycles. The number of nitrogens with zero attached hydrogens (tertiary/aromatic N) is 4. The normalized spacial score (nSPS) is 20.1. The van der Waals surface area contributed by atoms with Gasteiger partial charge in [0.1, 0.15) is 6.61 Å². The van der Waals surface area contributed by atoms with Crippen LogP contribution in [0.25, 0.3) is 0 Å². The Kier molecular flexibility index (Phi) is 5.45. The zero-order valence-corrected chi connectivity index (χ0v) is 15.6. The zero-order valence-electron chi connectivity index (χ0n) is 15.6. The van der Waals surface area contributed by atoms with Crippen molar-refractivity contribution in [2.24, 2.45) is 0 Å². The van der Waals surface area contributed by atoms with Crippen LogP contribution in [-0.4, -0.2) is 64.1 Å². The van der Waals surface area contributed by atoms with E-state index >= 15 is 0 Å². The van der Waals surface area contributed by atoms with E-state index in [0.717, 1.165) is 50.3 Å². The van der Waals surface area contributed by atoms with Gasteiger partial charge in [0, 0.05) is 44.1 Å². The quantitative estimate of drug-likeness (QED) is 0.809.